The predicted molar refractivity (Wildman–Crippen MR) is 62.1 cm³/mol. The molecule has 1 aliphatic heterocycles. The van der Waals surface area contributed by atoms with E-state index in [0.29, 0.717) is 24.9 Å². The van der Waals surface area contributed by atoms with Gasteiger partial charge in [0.05, 0.1) is 0 Å². The largest absolute Gasteiger partial charge is 0.480 e. The van der Waals surface area contributed by atoms with Crippen LogP contribution >= 0.6 is 0 Å². The van der Waals surface area contributed by atoms with Crippen LogP contribution in [0.1, 0.15) is 39.5 Å². The van der Waals surface area contributed by atoms with Crippen LogP contribution in [0.15, 0.2) is 0 Å². The van der Waals surface area contributed by atoms with E-state index in [1.165, 1.54) is 6.42 Å². The van der Waals surface area contributed by atoms with Gasteiger partial charge in [-0.1, -0.05) is 6.92 Å². The molecule has 92 valence electrons. The van der Waals surface area contributed by atoms with Gasteiger partial charge in [0.1, 0.15) is 5.54 Å². The number of carboxylic acid groups (broad SMARTS) is 1. The summed E-state index contributed by atoms with van der Waals surface area (Å²) in [5.74, 6) is -0.109. The lowest BCUT2D eigenvalue weighted by molar-refractivity contribution is -0.143. The van der Waals surface area contributed by atoms with Crippen LogP contribution < -0.4 is 5.73 Å². The van der Waals surface area contributed by atoms with Crippen LogP contribution in [0.2, 0.25) is 0 Å². The van der Waals surface area contributed by atoms with Gasteiger partial charge in [-0.25, -0.2) is 0 Å². The van der Waals surface area contributed by atoms with Gasteiger partial charge in [-0.3, -0.25) is 9.69 Å². The first kappa shape index (κ1) is 11.9. The van der Waals surface area contributed by atoms with Gasteiger partial charge in [0, 0.05) is 18.6 Å². The third kappa shape index (κ3) is 1.96. The van der Waals surface area contributed by atoms with Crippen molar-refractivity contribution in [2.24, 2.45) is 11.7 Å². The average Bonchev–Trinajstić information content (AvgIpc) is 2.71. The third-order valence-corrected chi connectivity index (χ3v) is 4.25. The molecule has 0 bridgehead atoms. The lowest BCUT2D eigenvalue weighted by atomic mass is 9.99. The normalized spacial score (nSPS) is 45.1. The van der Waals surface area contributed by atoms with Crippen molar-refractivity contribution >= 4 is 5.97 Å². The van der Waals surface area contributed by atoms with Crippen molar-refractivity contribution in [1.82, 2.24) is 4.90 Å². The number of likely N-dealkylation sites (tertiary alicyclic amines) is 1. The Labute approximate surface area is 96.8 Å². The topological polar surface area (TPSA) is 66.6 Å². The van der Waals surface area contributed by atoms with Crippen LogP contribution in [0.5, 0.6) is 0 Å². The highest BCUT2D eigenvalue weighted by Gasteiger charge is 2.46. The van der Waals surface area contributed by atoms with E-state index >= 15 is 0 Å². The van der Waals surface area contributed by atoms with Gasteiger partial charge < -0.3 is 10.8 Å². The number of carboxylic acids is 1. The molecule has 2 fully saturated rings. The Morgan fingerprint density at radius 3 is 2.62 bits per heavy atom. The van der Waals surface area contributed by atoms with E-state index in [1.807, 2.05) is 0 Å². The summed E-state index contributed by atoms with van der Waals surface area (Å²) in [5.41, 5.74) is 4.94. The number of rotatable bonds is 2. The number of hydrogen-bond donors (Lipinski definition) is 2. The van der Waals surface area contributed by atoms with Gasteiger partial charge in [0.15, 0.2) is 0 Å². The van der Waals surface area contributed by atoms with E-state index < -0.39 is 11.5 Å². The standard InChI is InChI=1S/C12H22N2O2/c1-8-5-9(2)14(7-8)10-3-4-12(13,6-10)11(15)16/h8-10H,3-7,13H2,1-2H3,(H,15,16). The second kappa shape index (κ2) is 4.00. The van der Waals surface area contributed by atoms with Gasteiger partial charge in [-0.2, -0.15) is 0 Å². The molecule has 1 saturated heterocycles. The molecule has 0 amide bonds. The maximum atomic E-state index is 11.1. The zero-order valence-corrected chi connectivity index (χ0v) is 10.1. The Balaban J connectivity index is 2.01. The summed E-state index contributed by atoms with van der Waals surface area (Å²) >= 11 is 0. The van der Waals surface area contributed by atoms with Crippen molar-refractivity contribution in [2.45, 2.75) is 57.2 Å². The number of carbonyl (C=O) groups is 1. The molecule has 2 rings (SSSR count). The van der Waals surface area contributed by atoms with Crippen molar-refractivity contribution in [3.05, 3.63) is 0 Å². The predicted octanol–water partition coefficient (Wildman–Crippen LogP) is 1.05. The Hall–Kier alpha value is -0.610. The van der Waals surface area contributed by atoms with E-state index in [4.69, 9.17) is 10.8 Å². The molecule has 4 atom stereocenters. The molecule has 3 N–H and O–H groups in total. The highest BCUT2D eigenvalue weighted by molar-refractivity contribution is 5.79. The molecule has 4 unspecified atom stereocenters. The van der Waals surface area contributed by atoms with Crippen LogP contribution in [0.4, 0.5) is 0 Å². The molecule has 4 nitrogen and oxygen atoms in total. The summed E-state index contributed by atoms with van der Waals surface area (Å²) < 4.78 is 0. The summed E-state index contributed by atoms with van der Waals surface area (Å²) in [7, 11) is 0. The van der Waals surface area contributed by atoms with Gasteiger partial charge in [0.25, 0.3) is 0 Å². The van der Waals surface area contributed by atoms with Crippen LogP contribution in [-0.4, -0.2) is 40.1 Å². The van der Waals surface area contributed by atoms with Gasteiger partial charge in [0.2, 0.25) is 0 Å². The molecule has 1 heterocycles. The second-order valence-corrected chi connectivity index (χ2v) is 5.74. The molecule has 16 heavy (non-hydrogen) atoms. The Morgan fingerprint density at radius 2 is 2.19 bits per heavy atom. The Morgan fingerprint density at radius 1 is 1.50 bits per heavy atom. The first-order valence-corrected chi connectivity index (χ1v) is 6.20. The molecular formula is C12H22N2O2. The van der Waals surface area contributed by atoms with Crippen molar-refractivity contribution < 1.29 is 9.90 Å². The number of nitrogens with zero attached hydrogens (tertiary/aromatic N) is 1. The van der Waals surface area contributed by atoms with Crippen molar-refractivity contribution in [1.29, 1.82) is 0 Å². The zero-order valence-electron chi connectivity index (χ0n) is 10.1. The summed E-state index contributed by atoms with van der Waals surface area (Å²) in [5, 5.41) is 9.11. The molecule has 0 radical (unpaired) electrons. The number of nitrogens with two attached hydrogens (primary N) is 1. The van der Waals surface area contributed by atoms with Crippen molar-refractivity contribution in [3.63, 3.8) is 0 Å². The Bertz CT molecular complexity index is 295. The van der Waals surface area contributed by atoms with Crippen molar-refractivity contribution in [3.8, 4) is 0 Å². The lowest BCUT2D eigenvalue weighted by Crippen LogP contribution is -2.47. The number of hydrogen-bond acceptors (Lipinski definition) is 3. The highest BCUT2D eigenvalue weighted by atomic mass is 16.4. The molecule has 0 aromatic heterocycles. The van der Waals surface area contributed by atoms with E-state index in [2.05, 4.69) is 18.7 Å². The monoisotopic (exact) mass is 226 g/mol. The SMILES string of the molecule is CC1CC(C)N(C2CCC(N)(C(=O)O)C2)C1. The summed E-state index contributed by atoms with van der Waals surface area (Å²) in [6.07, 6.45) is 3.38. The van der Waals surface area contributed by atoms with Crippen LogP contribution in [0, 0.1) is 5.92 Å². The smallest absolute Gasteiger partial charge is 0.323 e. The fourth-order valence-electron chi connectivity index (χ4n) is 3.37. The first-order valence-electron chi connectivity index (χ1n) is 6.20. The van der Waals surface area contributed by atoms with Crippen LogP contribution in [-0.2, 0) is 4.79 Å². The summed E-state index contributed by atoms with van der Waals surface area (Å²) in [6.45, 7) is 5.60. The van der Waals surface area contributed by atoms with Gasteiger partial charge in [-0.15, -0.1) is 0 Å². The third-order valence-electron chi connectivity index (χ3n) is 4.25. The minimum atomic E-state index is -0.976. The minimum absolute atomic E-state index is 0.376. The average molecular weight is 226 g/mol. The Kier molecular flexibility index (Phi) is 2.97. The van der Waals surface area contributed by atoms with Crippen molar-refractivity contribution in [2.75, 3.05) is 6.54 Å². The van der Waals surface area contributed by atoms with Crippen LogP contribution in [0.25, 0.3) is 0 Å². The van der Waals surface area contributed by atoms with Gasteiger partial charge in [-0.05, 0) is 38.5 Å². The zero-order chi connectivity index (χ0) is 11.9. The fraction of sp³-hybridized carbons (Fsp3) is 0.917. The molecule has 0 spiro atoms. The molecule has 0 aromatic rings. The molecule has 1 saturated carbocycles. The minimum Gasteiger partial charge on any atom is -0.480 e. The van der Waals surface area contributed by atoms with Gasteiger partial charge >= 0.3 is 5.97 Å². The van der Waals surface area contributed by atoms with E-state index in [9.17, 15) is 4.79 Å². The highest BCUT2D eigenvalue weighted by Crippen LogP contribution is 2.36. The summed E-state index contributed by atoms with van der Waals surface area (Å²) in [4.78, 5) is 13.5. The van der Waals surface area contributed by atoms with E-state index in [1.54, 1.807) is 0 Å². The molecule has 1 aliphatic carbocycles. The quantitative estimate of drug-likeness (QED) is 0.738. The first-order chi connectivity index (χ1) is 7.42. The van der Waals surface area contributed by atoms with E-state index in [-0.39, 0.29) is 0 Å². The molecular weight excluding hydrogens is 204 g/mol. The molecule has 4 heteroatoms. The summed E-state index contributed by atoms with van der Waals surface area (Å²) in [6, 6.07) is 0.956. The molecule has 0 aromatic carbocycles. The molecule has 2 aliphatic rings. The maximum absolute atomic E-state index is 11.1. The maximum Gasteiger partial charge on any atom is 0.323 e. The fourth-order valence-corrected chi connectivity index (χ4v) is 3.37. The van der Waals surface area contributed by atoms with Crippen LogP contribution in [0.3, 0.4) is 0 Å². The lowest BCUT2D eigenvalue weighted by Gasteiger charge is -2.29. The second-order valence-electron chi connectivity index (χ2n) is 5.74. The van der Waals surface area contributed by atoms with E-state index in [0.717, 1.165) is 18.9 Å². The number of aliphatic carboxylic acids is 1.